The maximum absolute atomic E-state index is 11.9. The molecule has 1 heterocycles. The summed E-state index contributed by atoms with van der Waals surface area (Å²) in [7, 11) is 0. The lowest BCUT2D eigenvalue weighted by Crippen LogP contribution is -2.46. The first-order chi connectivity index (χ1) is 11.9. The quantitative estimate of drug-likeness (QED) is 0.616. The van der Waals surface area contributed by atoms with Crippen molar-refractivity contribution in [3.8, 4) is 0 Å². The van der Waals surface area contributed by atoms with Crippen LogP contribution in [-0.4, -0.2) is 34.6 Å². The molecule has 2 aromatic rings. The van der Waals surface area contributed by atoms with Crippen molar-refractivity contribution in [1.82, 2.24) is 15.5 Å². The number of nitrogens with one attached hydrogen (secondary N) is 2. The maximum atomic E-state index is 11.9. The summed E-state index contributed by atoms with van der Waals surface area (Å²) in [6.07, 6.45) is 0. The lowest BCUT2D eigenvalue weighted by Gasteiger charge is -2.15. The van der Waals surface area contributed by atoms with Crippen molar-refractivity contribution in [1.29, 1.82) is 0 Å². The summed E-state index contributed by atoms with van der Waals surface area (Å²) >= 11 is 9.05. The molecule has 0 bridgehead atoms. The average molecular weight is 436 g/mol. The second-order valence-electron chi connectivity index (χ2n) is 5.49. The fraction of sp³-hybridized carbons (Fsp3) is 0.333. The van der Waals surface area contributed by atoms with Gasteiger partial charge in [0.2, 0.25) is 11.8 Å². The third-order valence-corrected chi connectivity index (χ3v) is 5.48. The molecule has 2 amide bonds. The van der Waals surface area contributed by atoms with Gasteiger partial charge in [-0.25, -0.2) is 0 Å². The highest BCUT2D eigenvalue weighted by Crippen LogP contribution is 2.35. The summed E-state index contributed by atoms with van der Waals surface area (Å²) in [6.45, 7) is 3.53. The van der Waals surface area contributed by atoms with Crippen LogP contribution in [0.2, 0.25) is 5.02 Å². The van der Waals surface area contributed by atoms with Crippen LogP contribution >= 0.6 is 47.1 Å². The van der Waals surface area contributed by atoms with E-state index in [0.29, 0.717) is 10.7 Å². The molecule has 4 N–H and O–H groups in total. The molecule has 11 heteroatoms. The van der Waals surface area contributed by atoms with Gasteiger partial charge in [-0.3, -0.25) is 9.59 Å². The van der Waals surface area contributed by atoms with E-state index in [2.05, 4.69) is 20.8 Å². The normalized spacial score (nSPS) is 11.6. The van der Waals surface area contributed by atoms with Crippen molar-refractivity contribution in [3.63, 3.8) is 0 Å². The van der Waals surface area contributed by atoms with E-state index < -0.39 is 6.04 Å². The summed E-state index contributed by atoms with van der Waals surface area (Å²) in [5, 5.41) is 13.4. The summed E-state index contributed by atoms with van der Waals surface area (Å²) in [5.74, 6) is -0.711. The maximum Gasteiger partial charge on any atom is 0.243 e. The zero-order chi connectivity index (χ0) is 18.4. The predicted molar refractivity (Wildman–Crippen MR) is 107 cm³/mol. The van der Waals surface area contributed by atoms with Gasteiger partial charge in [-0.1, -0.05) is 48.5 Å². The highest BCUT2D eigenvalue weighted by molar-refractivity contribution is 8.01. The molecule has 0 aliphatic carbocycles. The number of nitrogens with two attached hydrogens (primary N) is 1. The van der Waals surface area contributed by atoms with Gasteiger partial charge >= 0.3 is 0 Å². The van der Waals surface area contributed by atoms with E-state index in [9.17, 15) is 9.59 Å². The van der Waals surface area contributed by atoms with Crippen LogP contribution in [0.1, 0.15) is 13.8 Å². The number of aromatic nitrogens is 2. The molecule has 0 saturated carbocycles. The van der Waals surface area contributed by atoms with E-state index >= 15 is 0 Å². The van der Waals surface area contributed by atoms with Crippen LogP contribution in [0.4, 0.5) is 5.69 Å². The van der Waals surface area contributed by atoms with Gasteiger partial charge in [0, 0.05) is 10.6 Å². The molecule has 0 aliphatic rings. The summed E-state index contributed by atoms with van der Waals surface area (Å²) < 4.78 is 0.780. The number of nitrogens with zero attached hydrogens (tertiary/aromatic N) is 2. The van der Waals surface area contributed by atoms with E-state index in [1.165, 1.54) is 23.1 Å². The molecule has 0 aliphatic heterocycles. The number of halogens is 2. The smallest absolute Gasteiger partial charge is 0.243 e. The number of carbonyl (C=O) groups is 2. The van der Waals surface area contributed by atoms with Crippen molar-refractivity contribution >= 4 is 64.6 Å². The molecular weight excluding hydrogens is 417 g/mol. The van der Waals surface area contributed by atoms with E-state index in [1.807, 2.05) is 13.8 Å². The second-order valence-corrected chi connectivity index (χ2v) is 8.02. The Balaban J connectivity index is 0.00000338. The van der Waals surface area contributed by atoms with E-state index in [1.54, 1.807) is 23.7 Å². The van der Waals surface area contributed by atoms with Gasteiger partial charge in [-0.2, -0.15) is 0 Å². The van der Waals surface area contributed by atoms with Crippen molar-refractivity contribution in [2.75, 3.05) is 11.9 Å². The molecule has 0 unspecified atom stereocenters. The fourth-order valence-electron chi connectivity index (χ4n) is 1.76. The zero-order valence-electron chi connectivity index (χ0n) is 14.1. The Bertz CT molecular complexity index is 744. The van der Waals surface area contributed by atoms with Crippen LogP contribution in [0, 0.1) is 5.92 Å². The van der Waals surface area contributed by atoms with E-state index in [4.69, 9.17) is 17.3 Å². The number of hydrogen-bond acceptors (Lipinski definition) is 7. The Hall–Kier alpha value is -1.39. The second kappa shape index (κ2) is 10.7. The molecule has 1 aromatic carbocycles. The molecule has 0 fully saturated rings. The van der Waals surface area contributed by atoms with Crippen LogP contribution in [-0.2, 0) is 9.59 Å². The number of anilines is 1. The highest BCUT2D eigenvalue weighted by atomic mass is 35.5. The minimum Gasteiger partial charge on any atom is -0.346 e. The lowest BCUT2D eigenvalue weighted by atomic mass is 10.1. The Labute approximate surface area is 170 Å². The SMILES string of the molecule is CC(C)[C@H](N)C(=O)NCC(=O)Nc1ccc(Sc2nncs2)c(Cl)c1.Cl. The van der Waals surface area contributed by atoms with Gasteiger partial charge in [0.15, 0.2) is 4.34 Å². The van der Waals surface area contributed by atoms with Crippen molar-refractivity contribution in [2.24, 2.45) is 11.7 Å². The molecule has 0 saturated heterocycles. The molecule has 7 nitrogen and oxygen atoms in total. The van der Waals surface area contributed by atoms with Crippen molar-refractivity contribution in [3.05, 3.63) is 28.7 Å². The van der Waals surface area contributed by atoms with Gasteiger partial charge < -0.3 is 16.4 Å². The molecule has 142 valence electrons. The first-order valence-electron chi connectivity index (χ1n) is 7.43. The largest absolute Gasteiger partial charge is 0.346 e. The third kappa shape index (κ3) is 6.73. The van der Waals surface area contributed by atoms with Crippen LogP contribution in [0.3, 0.4) is 0 Å². The first kappa shape index (κ1) is 22.7. The zero-order valence-corrected chi connectivity index (χ0v) is 17.3. The number of carbonyl (C=O) groups excluding carboxylic acids is 2. The topological polar surface area (TPSA) is 110 Å². The number of benzene rings is 1. The molecule has 1 atom stereocenters. The van der Waals surface area contributed by atoms with Gasteiger partial charge in [0.25, 0.3) is 0 Å². The molecule has 2 rings (SSSR count). The molecule has 0 spiro atoms. The lowest BCUT2D eigenvalue weighted by molar-refractivity contribution is -0.125. The molecule has 0 radical (unpaired) electrons. The number of rotatable bonds is 7. The Kier molecular flexibility index (Phi) is 9.31. The summed E-state index contributed by atoms with van der Waals surface area (Å²) in [6, 6.07) is 4.52. The summed E-state index contributed by atoms with van der Waals surface area (Å²) in [5.41, 5.74) is 7.90. The first-order valence-corrected chi connectivity index (χ1v) is 9.51. The average Bonchev–Trinajstić information content (AvgIpc) is 3.07. The summed E-state index contributed by atoms with van der Waals surface area (Å²) in [4.78, 5) is 24.5. The van der Waals surface area contributed by atoms with Crippen LogP contribution < -0.4 is 16.4 Å². The molecule has 1 aromatic heterocycles. The fourth-order valence-corrected chi connectivity index (χ4v) is 3.49. The minimum atomic E-state index is -0.640. The Morgan fingerprint density at radius 3 is 2.69 bits per heavy atom. The Morgan fingerprint density at radius 1 is 1.38 bits per heavy atom. The van der Waals surface area contributed by atoms with Crippen molar-refractivity contribution < 1.29 is 9.59 Å². The molecular formula is C15H19Cl2N5O2S2. The van der Waals surface area contributed by atoms with Crippen LogP contribution in [0.15, 0.2) is 32.9 Å². The van der Waals surface area contributed by atoms with Gasteiger partial charge in [0.1, 0.15) is 5.51 Å². The van der Waals surface area contributed by atoms with E-state index in [-0.39, 0.29) is 36.7 Å². The Morgan fingerprint density at radius 2 is 2.12 bits per heavy atom. The standard InChI is InChI=1S/C15H18ClN5O2S2.ClH/c1-8(2)13(17)14(23)18-6-12(22)20-9-3-4-11(10(16)5-9)25-15-21-19-7-24-15;/h3-5,7-8,13H,6,17H2,1-2H3,(H,18,23)(H,20,22);1H/t13-;/m0./s1. The van der Waals surface area contributed by atoms with Gasteiger partial charge in [0.05, 0.1) is 17.6 Å². The van der Waals surface area contributed by atoms with E-state index in [0.717, 1.165) is 9.24 Å². The van der Waals surface area contributed by atoms with Crippen LogP contribution in [0.5, 0.6) is 0 Å². The predicted octanol–water partition coefficient (Wildman–Crippen LogP) is 2.80. The van der Waals surface area contributed by atoms with Gasteiger partial charge in [-0.05, 0) is 24.1 Å². The number of hydrogen-bond donors (Lipinski definition) is 3. The van der Waals surface area contributed by atoms with Crippen molar-refractivity contribution in [2.45, 2.75) is 29.1 Å². The third-order valence-electron chi connectivity index (χ3n) is 3.20. The van der Waals surface area contributed by atoms with Crippen LogP contribution in [0.25, 0.3) is 0 Å². The number of amides is 2. The minimum absolute atomic E-state index is 0. The highest BCUT2D eigenvalue weighted by Gasteiger charge is 2.17. The monoisotopic (exact) mass is 435 g/mol. The van der Waals surface area contributed by atoms with Gasteiger partial charge in [-0.15, -0.1) is 22.6 Å². The molecule has 26 heavy (non-hydrogen) atoms.